The summed E-state index contributed by atoms with van der Waals surface area (Å²) in [6.07, 6.45) is 19.6. The molecule has 2 aliphatic rings. The average Bonchev–Trinajstić information content (AvgIpc) is 3.56. The highest BCUT2D eigenvalue weighted by molar-refractivity contribution is 6.82. The summed E-state index contributed by atoms with van der Waals surface area (Å²) >= 11 is 0. The molecule has 0 spiro atoms. The van der Waals surface area contributed by atoms with Crippen LogP contribution in [0.1, 0.15) is 101 Å². The quantitative estimate of drug-likeness (QED) is 0.193. The van der Waals surface area contributed by atoms with E-state index in [1.807, 2.05) is 0 Å². The molecule has 0 fully saturated rings. The Labute approximate surface area is 278 Å². The molecule has 0 heterocycles. The lowest BCUT2D eigenvalue weighted by molar-refractivity contribution is 0.880. The van der Waals surface area contributed by atoms with Crippen LogP contribution < -0.4 is 9.80 Å². The highest BCUT2D eigenvalue weighted by Crippen LogP contribution is 2.51. The number of nitrogens with zero attached hydrogens (tertiary/aromatic N) is 2. The third-order valence-corrected chi connectivity index (χ3v) is 14.7. The van der Waals surface area contributed by atoms with Crippen molar-refractivity contribution in [3.05, 3.63) is 93.1 Å². The van der Waals surface area contributed by atoms with Crippen LogP contribution in [-0.2, 0) is 25.7 Å². The molecule has 2 aromatic carbocycles. The molecule has 244 valence electrons. The van der Waals surface area contributed by atoms with Gasteiger partial charge in [-0.1, -0.05) is 102 Å². The number of hydrogen-bond donors (Lipinski definition) is 0. The molecule has 2 atom stereocenters. The lowest BCUT2D eigenvalue weighted by atomic mass is 9.93. The first-order valence-corrected chi connectivity index (χ1v) is 21.0. The summed E-state index contributed by atoms with van der Waals surface area (Å²) in [6.45, 7) is 19.3. The van der Waals surface area contributed by atoms with Crippen LogP contribution in [-0.4, -0.2) is 36.3 Å². The molecule has 3 heteroatoms. The lowest BCUT2D eigenvalue weighted by Crippen LogP contribution is -2.36. The first-order valence-electron chi connectivity index (χ1n) is 17.8. The van der Waals surface area contributed by atoms with Gasteiger partial charge in [-0.15, -0.1) is 0 Å². The van der Waals surface area contributed by atoms with E-state index in [0.717, 1.165) is 25.7 Å². The van der Waals surface area contributed by atoms with Crippen molar-refractivity contribution >= 4 is 30.6 Å². The topological polar surface area (TPSA) is 6.48 Å². The van der Waals surface area contributed by atoms with Gasteiger partial charge in [-0.3, -0.25) is 0 Å². The minimum Gasteiger partial charge on any atom is -0.377 e. The van der Waals surface area contributed by atoms with Crippen LogP contribution in [0.5, 0.6) is 0 Å². The predicted octanol–water partition coefficient (Wildman–Crippen LogP) is 11.5. The zero-order valence-electron chi connectivity index (χ0n) is 30.8. The van der Waals surface area contributed by atoms with Crippen molar-refractivity contribution in [1.29, 1.82) is 0 Å². The second-order valence-electron chi connectivity index (χ2n) is 14.9. The summed E-state index contributed by atoms with van der Waals surface area (Å²) in [5, 5.41) is 0. The molecule has 0 aliphatic heterocycles. The maximum Gasteiger partial charge on any atom is 0.0706 e. The Morgan fingerprint density at radius 1 is 0.533 bits per heavy atom. The fourth-order valence-corrected chi connectivity index (χ4v) is 12.5. The van der Waals surface area contributed by atoms with Crippen molar-refractivity contribution in [2.75, 3.05) is 38.0 Å². The molecule has 0 saturated heterocycles. The van der Waals surface area contributed by atoms with E-state index in [0.29, 0.717) is 11.1 Å². The first kappa shape index (κ1) is 35.1. The minimum atomic E-state index is -1.79. The summed E-state index contributed by atoms with van der Waals surface area (Å²) in [4.78, 5) is 4.68. The van der Waals surface area contributed by atoms with Gasteiger partial charge in [0.05, 0.1) is 8.07 Å². The van der Waals surface area contributed by atoms with Gasteiger partial charge in [0.25, 0.3) is 0 Å². The lowest BCUT2D eigenvalue weighted by Gasteiger charge is -2.36. The Hall–Kier alpha value is -2.78. The van der Waals surface area contributed by atoms with E-state index in [-0.39, 0.29) is 0 Å². The van der Waals surface area contributed by atoms with E-state index in [1.165, 1.54) is 81.6 Å². The van der Waals surface area contributed by atoms with Gasteiger partial charge in [0.15, 0.2) is 0 Å². The Kier molecular flexibility index (Phi) is 11.5. The second-order valence-corrected chi connectivity index (χ2v) is 19.8. The van der Waals surface area contributed by atoms with Crippen molar-refractivity contribution in [1.82, 2.24) is 0 Å². The minimum absolute atomic E-state index is 0.539. The van der Waals surface area contributed by atoms with E-state index >= 15 is 0 Å². The average molecular weight is 623 g/mol. The molecule has 0 radical (unpaired) electrons. The maximum atomic E-state index is 2.65. The predicted molar refractivity (Wildman–Crippen MR) is 206 cm³/mol. The molecule has 2 nitrogen and oxygen atoms in total. The van der Waals surface area contributed by atoms with Gasteiger partial charge in [-0.2, -0.15) is 0 Å². The normalized spacial score (nSPS) is 18.1. The smallest absolute Gasteiger partial charge is 0.0706 e. The van der Waals surface area contributed by atoms with E-state index in [1.54, 1.807) is 11.1 Å². The van der Waals surface area contributed by atoms with Crippen LogP contribution >= 0.6 is 0 Å². The zero-order chi connectivity index (χ0) is 33.1. The molecule has 0 N–H and O–H groups in total. The zero-order valence-corrected chi connectivity index (χ0v) is 31.8. The molecule has 2 unspecified atom stereocenters. The summed E-state index contributed by atoms with van der Waals surface area (Å²) in [6, 6.07) is 10.0. The van der Waals surface area contributed by atoms with Crippen LogP contribution in [0, 0.1) is 0 Å². The van der Waals surface area contributed by atoms with Gasteiger partial charge < -0.3 is 9.80 Å². The van der Waals surface area contributed by atoms with Gasteiger partial charge in [-0.25, -0.2) is 0 Å². The third-order valence-electron chi connectivity index (χ3n) is 10.2. The Balaban J connectivity index is 1.73. The molecular weight excluding hydrogens is 561 g/mol. The monoisotopic (exact) mass is 622 g/mol. The van der Waals surface area contributed by atoms with E-state index in [4.69, 9.17) is 0 Å². The molecule has 0 aromatic heterocycles. The summed E-state index contributed by atoms with van der Waals surface area (Å²) < 4.78 is 0. The van der Waals surface area contributed by atoms with Gasteiger partial charge in [-0.05, 0) is 119 Å². The number of benzene rings is 2. The molecule has 0 saturated carbocycles. The van der Waals surface area contributed by atoms with Crippen LogP contribution in [0.15, 0.2) is 59.7 Å². The molecule has 45 heavy (non-hydrogen) atoms. The van der Waals surface area contributed by atoms with Crippen molar-refractivity contribution in [2.24, 2.45) is 0 Å². The number of rotatable bonds is 14. The fraction of sp³-hybridized carbons (Fsp3) is 0.524. The third kappa shape index (κ3) is 7.30. The maximum absolute atomic E-state index is 2.65. The largest absolute Gasteiger partial charge is 0.377 e. The second kappa shape index (κ2) is 14.8. The Morgan fingerprint density at radius 3 is 1.07 bits per heavy atom. The van der Waals surface area contributed by atoms with Crippen LogP contribution in [0.4, 0.5) is 11.4 Å². The van der Waals surface area contributed by atoms with Gasteiger partial charge in [0, 0.05) is 39.6 Å². The first-order chi connectivity index (χ1) is 21.4. The van der Waals surface area contributed by atoms with E-state index in [9.17, 15) is 0 Å². The molecule has 0 bridgehead atoms. The molecule has 2 aromatic rings. The van der Waals surface area contributed by atoms with Crippen molar-refractivity contribution in [3.8, 4) is 0 Å². The molecule has 4 rings (SSSR count). The Bertz CT molecular complexity index is 1330. The standard InChI is InChI=1S/C42H62N2Si/c1-13-17-31-23-37(24-32(18-14-2)41(31)43(7)8)35-21-29(5)39(27-35)45(11,12)40-28-36(22-30(40)6)38-25-33(19-15-3)42(44(9)10)34(26-38)20-16-4/h21-28,39-40H,13-20H2,1-12H3. The summed E-state index contributed by atoms with van der Waals surface area (Å²) in [5.41, 5.74) is 18.8. The van der Waals surface area contributed by atoms with Gasteiger partial charge in [0.1, 0.15) is 0 Å². The van der Waals surface area contributed by atoms with Gasteiger partial charge >= 0.3 is 0 Å². The number of anilines is 2. The summed E-state index contributed by atoms with van der Waals surface area (Å²) in [5.74, 6) is 0. The van der Waals surface area contributed by atoms with Gasteiger partial charge in [0.2, 0.25) is 0 Å². The summed E-state index contributed by atoms with van der Waals surface area (Å²) in [7, 11) is 7.05. The Morgan fingerprint density at radius 2 is 0.822 bits per heavy atom. The van der Waals surface area contributed by atoms with Crippen molar-refractivity contribution < 1.29 is 0 Å². The van der Waals surface area contributed by atoms with Crippen molar-refractivity contribution in [3.63, 3.8) is 0 Å². The number of aryl methyl sites for hydroxylation is 4. The molecule has 0 amide bonds. The highest BCUT2D eigenvalue weighted by atomic mass is 28.3. The van der Waals surface area contributed by atoms with E-state index in [2.05, 4.69) is 141 Å². The van der Waals surface area contributed by atoms with Crippen LogP contribution in [0.3, 0.4) is 0 Å². The van der Waals surface area contributed by atoms with E-state index < -0.39 is 8.07 Å². The van der Waals surface area contributed by atoms with Crippen LogP contribution in [0.25, 0.3) is 11.1 Å². The molecule has 2 aliphatic carbocycles. The number of hydrogen-bond acceptors (Lipinski definition) is 2. The highest BCUT2D eigenvalue weighted by Gasteiger charge is 2.42. The van der Waals surface area contributed by atoms with Crippen LogP contribution in [0.2, 0.25) is 24.2 Å². The SMILES string of the molecule is CCCc1cc(C2=CC([Si](C)(C)C3C=C(c4cc(CCC)c(N(C)C)c(CCC)c4)C=C3C)C(C)=C2)cc(CCC)c1N(C)C. The fourth-order valence-electron chi connectivity index (χ4n) is 8.39. The number of allylic oxidation sites excluding steroid dienone is 8. The molecular formula is C42H62N2Si. The van der Waals surface area contributed by atoms with Crippen molar-refractivity contribution in [2.45, 2.75) is 117 Å².